The topological polar surface area (TPSA) is 49.9 Å². The molecule has 2 aliphatic heterocycles. The Morgan fingerprint density at radius 3 is 2.56 bits per heavy atom. The molecule has 1 unspecified atom stereocenters. The number of hydrogen-bond acceptors (Lipinski definition) is 3. The van der Waals surface area contributed by atoms with Gasteiger partial charge in [0.05, 0.1) is 5.69 Å². The van der Waals surface area contributed by atoms with Crippen LogP contribution >= 0.6 is 0 Å². The standard InChI is InChI=1S/C21H21FN2O3/c1-20(2,3)27-19(26)24-16-10-9-14(22)11-13(16)12-21(24)15-7-5-6-8-17(15)23(4)18(21)25/h5-11H,12H2,1-4H3. The molecule has 2 amide bonds. The van der Waals surface area contributed by atoms with Crippen LogP contribution < -0.4 is 9.80 Å². The van der Waals surface area contributed by atoms with E-state index in [4.69, 9.17) is 4.74 Å². The highest BCUT2D eigenvalue weighted by molar-refractivity contribution is 6.15. The van der Waals surface area contributed by atoms with Crippen molar-refractivity contribution < 1.29 is 18.7 Å². The Labute approximate surface area is 157 Å². The summed E-state index contributed by atoms with van der Waals surface area (Å²) in [5.74, 6) is -0.631. The van der Waals surface area contributed by atoms with Gasteiger partial charge in [-0.25, -0.2) is 9.18 Å². The summed E-state index contributed by atoms with van der Waals surface area (Å²) in [7, 11) is 1.69. The number of amides is 2. The second kappa shape index (κ2) is 5.55. The van der Waals surface area contributed by atoms with Crippen molar-refractivity contribution in [3.8, 4) is 0 Å². The van der Waals surface area contributed by atoms with Gasteiger partial charge in [0.25, 0.3) is 5.91 Å². The molecule has 6 heteroatoms. The van der Waals surface area contributed by atoms with Crippen LogP contribution in [0.5, 0.6) is 0 Å². The Kier molecular flexibility index (Phi) is 3.60. The van der Waals surface area contributed by atoms with E-state index >= 15 is 0 Å². The van der Waals surface area contributed by atoms with E-state index in [1.807, 2.05) is 24.3 Å². The van der Waals surface area contributed by atoms with Crippen molar-refractivity contribution >= 4 is 23.4 Å². The fraction of sp³-hybridized carbons (Fsp3) is 0.333. The number of halogens is 1. The molecule has 0 fully saturated rings. The molecular weight excluding hydrogens is 347 g/mol. The van der Waals surface area contributed by atoms with Gasteiger partial charge in [-0.2, -0.15) is 0 Å². The third-order valence-electron chi connectivity index (χ3n) is 5.06. The van der Waals surface area contributed by atoms with Crippen LogP contribution in [-0.2, 0) is 21.5 Å². The second-order valence-electron chi connectivity index (χ2n) is 8.01. The molecule has 5 nitrogen and oxygen atoms in total. The minimum Gasteiger partial charge on any atom is -0.443 e. The SMILES string of the molecule is CN1C(=O)C2(Cc3cc(F)ccc3N2C(=O)OC(C)(C)C)c2ccccc21. The highest BCUT2D eigenvalue weighted by Crippen LogP contribution is 2.53. The van der Waals surface area contributed by atoms with Gasteiger partial charge in [-0.1, -0.05) is 18.2 Å². The molecule has 4 rings (SSSR count). The summed E-state index contributed by atoms with van der Waals surface area (Å²) in [5, 5.41) is 0. The third-order valence-corrected chi connectivity index (χ3v) is 5.06. The largest absolute Gasteiger partial charge is 0.443 e. The van der Waals surface area contributed by atoms with Crippen LogP contribution in [0.1, 0.15) is 31.9 Å². The zero-order valence-corrected chi connectivity index (χ0v) is 15.7. The van der Waals surface area contributed by atoms with Crippen molar-refractivity contribution in [1.29, 1.82) is 0 Å². The lowest BCUT2D eigenvalue weighted by Gasteiger charge is -2.35. The molecule has 0 N–H and O–H groups in total. The van der Waals surface area contributed by atoms with Gasteiger partial charge in [-0.15, -0.1) is 0 Å². The summed E-state index contributed by atoms with van der Waals surface area (Å²) < 4.78 is 19.5. The first-order valence-electron chi connectivity index (χ1n) is 8.84. The van der Waals surface area contributed by atoms with Crippen molar-refractivity contribution in [2.45, 2.75) is 38.3 Å². The maximum absolute atomic E-state index is 13.9. The first kappa shape index (κ1) is 17.5. The van der Waals surface area contributed by atoms with Crippen LogP contribution in [0.2, 0.25) is 0 Å². The number of hydrogen-bond donors (Lipinski definition) is 0. The van der Waals surface area contributed by atoms with Gasteiger partial charge in [0.15, 0.2) is 5.54 Å². The number of carbonyl (C=O) groups excluding carboxylic acids is 2. The van der Waals surface area contributed by atoms with Gasteiger partial charge in [0.2, 0.25) is 0 Å². The number of anilines is 2. The first-order chi connectivity index (χ1) is 12.6. The smallest absolute Gasteiger partial charge is 0.416 e. The number of nitrogens with zero attached hydrogens (tertiary/aromatic N) is 2. The minimum absolute atomic E-state index is 0.208. The van der Waals surface area contributed by atoms with Crippen molar-refractivity contribution in [3.63, 3.8) is 0 Å². The number of rotatable bonds is 0. The predicted octanol–water partition coefficient (Wildman–Crippen LogP) is 4.00. The van der Waals surface area contributed by atoms with Crippen LogP contribution in [0.3, 0.4) is 0 Å². The normalized spacial score (nSPS) is 20.9. The van der Waals surface area contributed by atoms with Gasteiger partial charge in [0.1, 0.15) is 11.4 Å². The molecular formula is C21H21FN2O3. The zero-order chi connectivity index (χ0) is 19.6. The molecule has 2 aliphatic rings. The van der Waals surface area contributed by atoms with E-state index in [1.54, 1.807) is 32.7 Å². The van der Waals surface area contributed by atoms with E-state index < -0.39 is 23.1 Å². The molecule has 1 spiro atoms. The van der Waals surface area contributed by atoms with Crippen molar-refractivity contribution in [2.75, 3.05) is 16.8 Å². The van der Waals surface area contributed by atoms with E-state index in [0.29, 0.717) is 11.3 Å². The molecule has 2 aromatic rings. The molecule has 0 radical (unpaired) electrons. The maximum Gasteiger partial charge on any atom is 0.416 e. The summed E-state index contributed by atoms with van der Waals surface area (Å²) in [6, 6.07) is 11.6. The second-order valence-corrected chi connectivity index (χ2v) is 8.01. The number of likely N-dealkylation sites (N-methyl/N-ethyl adjacent to an activating group) is 1. The number of benzene rings is 2. The summed E-state index contributed by atoms with van der Waals surface area (Å²) >= 11 is 0. The molecule has 0 saturated carbocycles. The predicted molar refractivity (Wildman–Crippen MR) is 100 cm³/mol. The van der Waals surface area contributed by atoms with Crippen LogP contribution in [-0.4, -0.2) is 24.6 Å². The number of ether oxygens (including phenoxy) is 1. The first-order valence-corrected chi connectivity index (χ1v) is 8.84. The van der Waals surface area contributed by atoms with Crippen molar-refractivity contribution in [3.05, 3.63) is 59.4 Å². The monoisotopic (exact) mass is 368 g/mol. The van der Waals surface area contributed by atoms with Crippen LogP contribution in [0.4, 0.5) is 20.6 Å². The Morgan fingerprint density at radius 2 is 1.85 bits per heavy atom. The van der Waals surface area contributed by atoms with E-state index in [-0.39, 0.29) is 12.3 Å². The van der Waals surface area contributed by atoms with Gasteiger partial charge < -0.3 is 9.64 Å². The molecule has 27 heavy (non-hydrogen) atoms. The Hall–Kier alpha value is -2.89. The molecule has 140 valence electrons. The fourth-order valence-electron chi connectivity index (χ4n) is 4.04. The molecule has 1 atom stereocenters. The summed E-state index contributed by atoms with van der Waals surface area (Å²) in [6.45, 7) is 5.32. The van der Waals surface area contributed by atoms with Gasteiger partial charge in [-0.3, -0.25) is 9.69 Å². The van der Waals surface area contributed by atoms with Gasteiger partial charge in [-0.05, 0) is 50.6 Å². The minimum atomic E-state index is -1.26. The third kappa shape index (κ3) is 2.43. The molecule has 0 aliphatic carbocycles. The number of para-hydroxylation sites is 1. The van der Waals surface area contributed by atoms with E-state index in [9.17, 15) is 14.0 Å². The summed E-state index contributed by atoms with van der Waals surface area (Å²) in [5.41, 5.74) is 0.588. The van der Waals surface area contributed by atoms with Crippen molar-refractivity contribution in [2.24, 2.45) is 0 Å². The lowest BCUT2D eigenvalue weighted by atomic mass is 9.87. The van der Waals surface area contributed by atoms with Crippen LogP contribution in [0.25, 0.3) is 0 Å². The molecule has 0 aromatic heterocycles. The Bertz CT molecular complexity index is 966. The number of fused-ring (bicyclic) bond motifs is 3. The highest BCUT2D eigenvalue weighted by Gasteiger charge is 2.60. The average molecular weight is 368 g/mol. The van der Waals surface area contributed by atoms with Crippen molar-refractivity contribution in [1.82, 2.24) is 0 Å². The quantitative estimate of drug-likeness (QED) is 0.706. The lowest BCUT2D eigenvalue weighted by Crippen LogP contribution is -2.54. The summed E-state index contributed by atoms with van der Waals surface area (Å²) in [4.78, 5) is 29.5. The van der Waals surface area contributed by atoms with Gasteiger partial charge >= 0.3 is 6.09 Å². The Balaban J connectivity index is 1.95. The Morgan fingerprint density at radius 1 is 1.15 bits per heavy atom. The van der Waals surface area contributed by atoms with E-state index in [1.165, 1.54) is 23.1 Å². The molecule has 2 heterocycles. The zero-order valence-electron chi connectivity index (χ0n) is 15.7. The molecule has 2 aromatic carbocycles. The van der Waals surface area contributed by atoms with Gasteiger partial charge in [0, 0.05) is 24.7 Å². The maximum atomic E-state index is 13.9. The summed E-state index contributed by atoms with van der Waals surface area (Å²) in [6.07, 6.45) is -0.411. The van der Waals surface area contributed by atoms with Crippen LogP contribution in [0.15, 0.2) is 42.5 Å². The molecule has 0 saturated heterocycles. The highest BCUT2D eigenvalue weighted by atomic mass is 19.1. The van der Waals surface area contributed by atoms with E-state index in [0.717, 1.165) is 11.3 Å². The lowest BCUT2D eigenvalue weighted by molar-refractivity contribution is -0.122. The molecule has 0 bridgehead atoms. The van der Waals surface area contributed by atoms with Crippen LogP contribution in [0, 0.1) is 5.82 Å². The fourth-order valence-corrected chi connectivity index (χ4v) is 4.04. The average Bonchev–Trinajstić information content (AvgIpc) is 3.03. The van der Waals surface area contributed by atoms with E-state index in [2.05, 4.69) is 0 Å². The number of carbonyl (C=O) groups is 2.